The van der Waals surface area contributed by atoms with Crippen molar-refractivity contribution in [2.45, 2.75) is 0 Å². The zero-order valence-corrected chi connectivity index (χ0v) is 8.31. The van der Waals surface area contributed by atoms with Gasteiger partial charge in [0.25, 0.3) is 0 Å². The Morgan fingerprint density at radius 1 is 1.46 bits per heavy atom. The fraction of sp³-hybridized carbons (Fsp3) is 0.125. The largest absolute Gasteiger partial charge is 0.398 e. The van der Waals surface area contributed by atoms with Gasteiger partial charge in [-0.3, -0.25) is 0 Å². The van der Waals surface area contributed by atoms with Crippen LogP contribution in [0.15, 0.2) is 23.2 Å². The number of anilines is 1. The number of nitrogens with zero attached hydrogens (tertiary/aromatic N) is 1. The highest BCUT2D eigenvalue weighted by atomic mass is 35.5. The number of nitrogens with two attached hydrogens (primary N) is 2. The van der Waals surface area contributed by atoms with Gasteiger partial charge in [-0.2, -0.15) is 0 Å². The van der Waals surface area contributed by atoms with E-state index in [1.165, 1.54) is 0 Å². The summed E-state index contributed by atoms with van der Waals surface area (Å²) in [6.45, 7) is 0. The molecule has 0 unspecified atom stereocenters. The highest BCUT2D eigenvalue weighted by Crippen LogP contribution is 2.24. The highest BCUT2D eigenvalue weighted by molar-refractivity contribution is 6.33. The van der Waals surface area contributed by atoms with E-state index in [1.54, 1.807) is 18.2 Å². The minimum Gasteiger partial charge on any atom is -0.398 e. The third-order valence-electron chi connectivity index (χ3n) is 1.39. The molecule has 13 heavy (non-hydrogen) atoms. The Morgan fingerprint density at radius 3 is 2.69 bits per heavy atom. The van der Waals surface area contributed by atoms with Crippen LogP contribution in [0.2, 0.25) is 5.02 Å². The molecule has 1 aromatic carbocycles. The van der Waals surface area contributed by atoms with Gasteiger partial charge < -0.3 is 11.5 Å². The maximum atomic E-state index is 5.77. The van der Waals surface area contributed by atoms with E-state index in [2.05, 4.69) is 4.99 Å². The van der Waals surface area contributed by atoms with Crippen molar-refractivity contribution in [3.8, 4) is 0 Å². The summed E-state index contributed by atoms with van der Waals surface area (Å²) in [6.07, 6.45) is 0. The molecule has 0 aliphatic rings. The molecule has 0 radical (unpaired) electrons. The summed E-state index contributed by atoms with van der Waals surface area (Å²) in [7, 11) is 0. The van der Waals surface area contributed by atoms with Crippen molar-refractivity contribution in [2.24, 2.45) is 10.7 Å². The van der Waals surface area contributed by atoms with Crippen LogP contribution < -0.4 is 11.5 Å². The second-order valence-corrected chi connectivity index (χ2v) is 3.12. The Hall–Kier alpha value is -0.930. The molecule has 0 aliphatic carbocycles. The van der Waals surface area contributed by atoms with E-state index in [-0.39, 0.29) is 5.88 Å². The minimum atomic E-state index is 0.196. The summed E-state index contributed by atoms with van der Waals surface area (Å²) >= 11 is 11.2. The fourth-order valence-electron chi connectivity index (χ4n) is 0.781. The minimum absolute atomic E-state index is 0.196. The summed E-state index contributed by atoms with van der Waals surface area (Å²) in [6, 6.07) is 5.03. The van der Waals surface area contributed by atoms with Crippen LogP contribution in [0, 0.1) is 0 Å². The van der Waals surface area contributed by atoms with Crippen molar-refractivity contribution in [1.29, 1.82) is 0 Å². The third kappa shape index (κ3) is 2.79. The average molecular weight is 218 g/mol. The molecular weight excluding hydrogens is 209 g/mol. The molecule has 5 heteroatoms. The van der Waals surface area contributed by atoms with Gasteiger partial charge in [-0.1, -0.05) is 11.6 Å². The van der Waals surface area contributed by atoms with E-state index in [0.717, 1.165) is 0 Å². The molecule has 0 heterocycles. The Bertz CT molecular complexity index is 336. The molecule has 0 bridgehead atoms. The standard InChI is InChI=1S/C8H9Cl2N3/c9-4-8(12)13-5-1-2-7(11)6(10)3-5/h1-3H,4,11H2,(H2,12,13). The molecule has 0 saturated carbocycles. The van der Waals surface area contributed by atoms with Gasteiger partial charge in [-0.15, -0.1) is 11.6 Å². The number of halogens is 2. The number of hydrogen-bond donors (Lipinski definition) is 2. The Morgan fingerprint density at radius 2 is 2.15 bits per heavy atom. The van der Waals surface area contributed by atoms with Gasteiger partial charge in [0.05, 0.1) is 22.3 Å². The first-order chi connectivity index (χ1) is 6.13. The van der Waals surface area contributed by atoms with Gasteiger partial charge in [0.1, 0.15) is 5.84 Å². The SMILES string of the molecule is NC(CCl)=Nc1ccc(N)c(Cl)c1. The van der Waals surface area contributed by atoms with Gasteiger partial charge in [-0.05, 0) is 18.2 Å². The van der Waals surface area contributed by atoms with Crippen LogP contribution in [-0.4, -0.2) is 11.7 Å². The zero-order chi connectivity index (χ0) is 9.84. The molecule has 0 aliphatic heterocycles. The highest BCUT2D eigenvalue weighted by Gasteiger charge is 1.97. The molecule has 70 valence electrons. The van der Waals surface area contributed by atoms with Crippen LogP contribution in [0.5, 0.6) is 0 Å². The van der Waals surface area contributed by atoms with Crippen molar-refractivity contribution >= 4 is 40.4 Å². The lowest BCUT2D eigenvalue weighted by Crippen LogP contribution is -2.12. The van der Waals surface area contributed by atoms with Gasteiger partial charge >= 0.3 is 0 Å². The molecule has 0 fully saturated rings. The van der Waals surface area contributed by atoms with Crippen molar-refractivity contribution in [3.05, 3.63) is 23.2 Å². The third-order valence-corrected chi connectivity index (χ3v) is 1.99. The number of hydrogen-bond acceptors (Lipinski definition) is 2. The van der Waals surface area contributed by atoms with E-state index in [4.69, 9.17) is 34.7 Å². The van der Waals surface area contributed by atoms with Gasteiger partial charge in [0.15, 0.2) is 0 Å². The van der Waals surface area contributed by atoms with Crippen molar-refractivity contribution in [3.63, 3.8) is 0 Å². The number of benzene rings is 1. The first-order valence-electron chi connectivity index (χ1n) is 3.57. The molecule has 3 nitrogen and oxygen atoms in total. The van der Waals surface area contributed by atoms with Crippen molar-refractivity contribution in [1.82, 2.24) is 0 Å². The monoisotopic (exact) mass is 217 g/mol. The van der Waals surface area contributed by atoms with Crippen LogP contribution in [0.1, 0.15) is 0 Å². The number of aliphatic imine (C=N–C) groups is 1. The van der Waals surface area contributed by atoms with Crippen molar-refractivity contribution in [2.75, 3.05) is 11.6 Å². The quantitative estimate of drug-likeness (QED) is 0.345. The summed E-state index contributed by atoms with van der Waals surface area (Å²) < 4.78 is 0. The smallest absolute Gasteiger partial charge is 0.115 e. The number of rotatable bonds is 2. The normalized spacial score (nSPS) is 11.7. The zero-order valence-electron chi connectivity index (χ0n) is 6.80. The van der Waals surface area contributed by atoms with E-state index >= 15 is 0 Å². The molecule has 0 amide bonds. The van der Waals surface area contributed by atoms with Gasteiger partial charge in [0, 0.05) is 0 Å². The molecule has 0 atom stereocenters. The molecule has 0 spiro atoms. The van der Waals surface area contributed by atoms with Crippen LogP contribution in [0.4, 0.5) is 11.4 Å². The lowest BCUT2D eigenvalue weighted by molar-refractivity contribution is 1.45. The average Bonchev–Trinajstić information content (AvgIpc) is 2.11. The maximum absolute atomic E-state index is 5.77. The van der Waals surface area contributed by atoms with Gasteiger partial charge in [-0.25, -0.2) is 4.99 Å². The number of alkyl halides is 1. The van der Waals surface area contributed by atoms with Crippen molar-refractivity contribution < 1.29 is 0 Å². The van der Waals surface area contributed by atoms with Gasteiger partial charge in [0.2, 0.25) is 0 Å². The first kappa shape index (κ1) is 10.2. The maximum Gasteiger partial charge on any atom is 0.115 e. The topological polar surface area (TPSA) is 64.4 Å². The Balaban J connectivity index is 2.98. The lowest BCUT2D eigenvalue weighted by Gasteiger charge is -1.99. The van der Waals surface area contributed by atoms with E-state index in [1.807, 2.05) is 0 Å². The number of nitrogen functional groups attached to an aromatic ring is 1. The predicted octanol–water partition coefficient (Wildman–Crippen LogP) is 2.15. The predicted molar refractivity (Wildman–Crippen MR) is 57.9 cm³/mol. The molecule has 1 aromatic rings. The van der Waals surface area contributed by atoms with Crippen LogP contribution in [0.25, 0.3) is 0 Å². The van der Waals surface area contributed by atoms with Crippen LogP contribution >= 0.6 is 23.2 Å². The fourth-order valence-corrected chi connectivity index (χ4v) is 1.02. The second kappa shape index (κ2) is 4.35. The summed E-state index contributed by atoms with van der Waals surface area (Å²) in [5.41, 5.74) is 12.1. The second-order valence-electron chi connectivity index (χ2n) is 2.44. The molecule has 0 aromatic heterocycles. The summed E-state index contributed by atoms with van der Waals surface area (Å²) in [4.78, 5) is 4.00. The summed E-state index contributed by atoms with van der Waals surface area (Å²) in [5, 5.41) is 0.462. The molecular formula is C8H9Cl2N3. The van der Waals surface area contributed by atoms with E-state index < -0.39 is 0 Å². The Labute approximate surface area is 86.3 Å². The first-order valence-corrected chi connectivity index (χ1v) is 4.48. The summed E-state index contributed by atoms with van der Waals surface area (Å²) in [5.74, 6) is 0.546. The lowest BCUT2D eigenvalue weighted by atomic mass is 10.3. The molecule has 1 rings (SSSR count). The Kier molecular flexibility index (Phi) is 3.39. The van der Waals surface area contributed by atoms with E-state index in [0.29, 0.717) is 22.2 Å². The molecule has 4 N–H and O–H groups in total. The van der Waals surface area contributed by atoms with Crippen LogP contribution in [-0.2, 0) is 0 Å². The van der Waals surface area contributed by atoms with Crippen LogP contribution in [0.3, 0.4) is 0 Å². The van der Waals surface area contributed by atoms with E-state index in [9.17, 15) is 0 Å². The number of amidine groups is 1. The molecule has 0 saturated heterocycles.